The molecule has 162 valence electrons. The number of hydrogen-bond donors (Lipinski definition) is 1. The van der Waals surface area contributed by atoms with Gasteiger partial charge in [-0.05, 0) is 29.8 Å². The summed E-state index contributed by atoms with van der Waals surface area (Å²) in [5.74, 6) is -0.574. The molecule has 1 unspecified atom stereocenters. The van der Waals surface area contributed by atoms with Gasteiger partial charge >= 0.3 is 0 Å². The number of anilines is 1. The molecule has 0 radical (unpaired) electrons. The predicted octanol–water partition coefficient (Wildman–Crippen LogP) is 4.81. The van der Waals surface area contributed by atoms with Crippen LogP contribution in [-0.4, -0.2) is 28.6 Å². The number of nitrogens with zero attached hydrogens (tertiary/aromatic N) is 2. The highest BCUT2D eigenvalue weighted by Crippen LogP contribution is 2.46. The lowest BCUT2D eigenvalue weighted by molar-refractivity contribution is -0.117. The number of rotatable bonds is 4. The summed E-state index contributed by atoms with van der Waals surface area (Å²) in [5.41, 5.74) is 1.72. The Morgan fingerprint density at radius 3 is 2.58 bits per heavy atom. The van der Waals surface area contributed by atoms with Gasteiger partial charge in [-0.25, -0.2) is 4.98 Å². The highest BCUT2D eigenvalue weighted by Gasteiger charge is 2.46. The minimum Gasteiger partial charge on any atom is -0.503 e. The van der Waals surface area contributed by atoms with Crippen molar-refractivity contribution in [3.63, 3.8) is 0 Å². The highest BCUT2D eigenvalue weighted by atomic mass is 32.1. The average Bonchev–Trinajstić information content (AvgIpc) is 3.55. The van der Waals surface area contributed by atoms with Crippen molar-refractivity contribution in [2.24, 2.45) is 0 Å². The molecule has 1 N–H and O–H groups in total. The Morgan fingerprint density at radius 1 is 1.00 bits per heavy atom. The molecule has 2 aliphatic heterocycles. The van der Waals surface area contributed by atoms with E-state index in [1.807, 2.05) is 24.3 Å². The topological polar surface area (TPSA) is 89.0 Å². The number of thiazole rings is 1. The SMILES string of the molecule is O=C(C1=C(O)C(=O)N(c2nc3ccccc3s2)C1c1ccc2c(c1)OCO2)c1ccccc1. The largest absolute Gasteiger partial charge is 0.503 e. The van der Waals surface area contributed by atoms with E-state index >= 15 is 0 Å². The Kier molecular flexibility index (Phi) is 4.41. The van der Waals surface area contributed by atoms with E-state index in [4.69, 9.17) is 9.47 Å². The first-order valence-corrected chi connectivity index (χ1v) is 11.0. The first kappa shape index (κ1) is 19.5. The van der Waals surface area contributed by atoms with Gasteiger partial charge in [0.15, 0.2) is 28.2 Å². The summed E-state index contributed by atoms with van der Waals surface area (Å²) in [6, 6.07) is 20.5. The smallest absolute Gasteiger partial charge is 0.296 e. The minimum atomic E-state index is -0.875. The maximum atomic E-state index is 13.5. The fraction of sp³-hybridized carbons (Fsp3) is 0.0800. The first-order chi connectivity index (χ1) is 16.1. The summed E-state index contributed by atoms with van der Waals surface area (Å²) in [7, 11) is 0. The molecule has 8 heteroatoms. The molecule has 1 aromatic heterocycles. The Balaban J connectivity index is 1.53. The predicted molar refractivity (Wildman–Crippen MR) is 123 cm³/mol. The van der Waals surface area contributed by atoms with Crippen LogP contribution in [0.1, 0.15) is 22.0 Å². The van der Waals surface area contributed by atoms with Crippen molar-refractivity contribution < 1.29 is 24.2 Å². The molecule has 0 bridgehead atoms. The number of amides is 1. The molecule has 0 spiro atoms. The Hall–Kier alpha value is -4.17. The van der Waals surface area contributed by atoms with E-state index in [-0.39, 0.29) is 12.4 Å². The summed E-state index contributed by atoms with van der Waals surface area (Å²) in [4.78, 5) is 32.8. The summed E-state index contributed by atoms with van der Waals surface area (Å²) in [6.45, 7) is 0.0981. The van der Waals surface area contributed by atoms with Crippen molar-refractivity contribution in [1.29, 1.82) is 0 Å². The molecule has 4 aromatic rings. The molecule has 0 fully saturated rings. The summed E-state index contributed by atoms with van der Waals surface area (Å²) >= 11 is 1.32. The van der Waals surface area contributed by atoms with Crippen LogP contribution >= 0.6 is 11.3 Å². The molecule has 0 saturated heterocycles. The number of aliphatic hydroxyl groups is 1. The van der Waals surface area contributed by atoms with Gasteiger partial charge in [0.25, 0.3) is 5.91 Å². The van der Waals surface area contributed by atoms with Crippen molar-refractivity contribution in [2.45, 2.75) is 6.04 Å². The second-order valence-corrected chi connectivity index (χ2v) is 8.62. The number of para-hydroxylation sites is 1. The van der Waals surface area contributed by atoms with Gasteiger partial charge in [0, 0.05) is 5.56 Å². The number of carbonyl (C=O) groups is 2. The van der Waals surface area contributed by atoms with E-state index in [0.717, 1.165) is 10.2 Å². The Morgan fingerprint density at radius 2 is 1.76 bits per heavy atom. The number of Topliss-reactive ketones (excluding diaryl/α,β-unsaturated/α-hetero) is 1. The van der Waals surface area contributed by atoms with E-state index in [0.29, 0.717) is 27.8 Å². The lowest BCUT2D eigenvalue weighted by Crippen LogP contribution is -2.31. The van der Waals surface area contributed by atoms with Crippen LogP contribution < -0.4 is 14.4 Å². The molecule has 0 saturated carbocycles. The fourth-order valence-corrected chi connectivity index (χ4v) is 5.13. The number of aromatic nitrogens is 1. The minimum absolute atomic E-state index is 0.00400. The maximum Gasteiger partial charge on any atom is 0.296 e. The second-order valence-electron chi connectivity index (χ2n) is 7.61. The Labute approximate surface area is 192 Å². The molecule has 3 aromatic carbocycles. The van der Waals surface area contributed by atoms with Crippen molar-refractivity contribution in [3.8, 4) is 11.5 Å². The van der Waals surface area contributed by atoms with Gasteiger partial charge in [-0.2, -0.15) is 0 Å². The fourth-order valence-electron chi connectivity index (χ4n) is 4.14. The number of hydrogen-bond acceptors (Lipinski definition) is 7. The van der Waals surface area contributed by atoms with Gasteiger partial charge in [0.05, 0.1) is 21.8 Å². The summed E-state index contributed by atoms with van der Waals surface area (Å²) in [6.07, 6.45) is 0. The third-order valence-electron chi connectivity index (χ3n) is 5.69. The molecular formula is C25H16N2O5S. The van der Waals surface area contributed by atoms with E-state index in [9.17, 15) is 14.7 Å². The highest BCUT2D eigenvalue weighted by molar-refractivity contribution is 7.22. The number of ether oxygens (including phenoxy) is 2. The standard InChI is InChI=1S/C25H16N2O5S/c28-22(14-6-2-1-3-7-14)20-21(15-10-11-17-18(12-15)32-13-31-17)27(24(30)23(20)29)25-26-16-8-4-5-9-19(16)33-25/h1-12,21,29H,13H2. The molecular weight excluding hydrogens is 440 g/mol. The molecule has 33 heavy (non-hydrogen) atoms. The number of carbonyl (C=O) groups excluding carboxylic acids is 2. The van der Waals surface area contributed by atoms with Crippen LogP contribution in [0.4, 0.5) is 5.13 Å². The summed E-state index contributed by atoms with van der Waals surface area (Å²) < 4.78 is 11.8. The van der Waals surface area contributed by atoms with Crippen molar-refractivity contribution in [3.05, 3.63) is 95.3 Å². The van der Waals surface area contributed by atoms with E-state index in [2.05, 4.69) is 4.98 Å². The van der Waals surface area contributed by atoms with Crippen molar-refractivity contribution in [2.75, 3.05) is 11.7 Å². The number of ketones is 1. The number of aliphatic hydroxyl groups excluding tert-OH is 1. The third kappa shape index (κ3) is 3.07. The van der Waals surface area contributed by atoms with E-state index in [1.54, 1.807) is 48.5 Å². The molecule has 6 rings (SSSR count). The molecule has 1 atom stereocenters. The second kappa shape index (κ2) is 7.46. The molecule has 3 heterocycles. The quantitative estimate of drug-likeness (QED) is 0.444. The molecule has 0 aliphatic carbocycles. The van der Waals surface area contributed by atoms with Crippen LogP contribution in [0, 0.1) is 0 Å². The Bertz CT molecular complexity index is 1430. The van der Waals surface area contributed by atoms with Crippen LogP contribution in [0.25, 0.3) is 10.2 Å². The van der Waals surface area contributed by atoms with Gasteiger partial charge < -0.3 is 14.6 Å². The van der Waals surface area contributed by atoms with Crippen LogP contribution in [0.15, 0.2) is 84.1 Å². The zero-order valence-electron chi connectivity index (χ0n) is 17.1. The van der Waals surface area contributed by atoms with Crippen LogP contribution in [-0.2, 0) is 4.79 Å². The van der Waals surface area contributed by atoms with Gasteiger partial charge in [-0.3, -0.25) is 14.5 Å². The zero-order chi connectivity index (χ0) is 22.5. The zero-order valence-corrected chi connectivity index (χ0v) is 17.9. The number of benzene rings is 3. The molecule has 2 aliphatic rings. The average molecular weight is 456 g/mol. The van der Waals surface area contributed by atoms with Crippen molar-refractivity contribution >= 4 is 38.4 Å². The number of fused-ring (bicyclic) bond motifs is 2. The van der Waals surface area contributed by atoms with Crippen LogP contribution in [0.3, 0.4) is 0 Å². The maximum absolute atomic E-state index is 13.5. The normalized spacial score (nSPS) is 17.3. The van der Waals surface area contributed by atoms with E-state index < -0.39 is 23.5 Å². The monoisotopic (exact) mass is 456 g/mol. The first-order valence-electron chi connectivity index (χ1n) is 10.2. The van der Waals surface area contributed by atoms with Crippen LogP contribution in [0.5, 0.6) is 11.5 Å². The van der Waals surface area contributed by atoms with Crippen molar-refractivity contribution in [1.82, 2.24) is 4.98 Å². The molecule has 7 nitrogen and oxygen atoms in total. The van der Waals surface area contributed by atoms with Gasteiger partial charge in [0.2, 0.25) is 6.79 Å². The van der Waals surface area contributed by atoms with Gasteiger partial charge in [-0.1, -0.05) is 59.9 Å². The summed E-state index contributed by atoms with van der Waals surface area (Å²) in [5, 5.41) is 11.3. The molecule has 1 amide bonds. The van der Waals surface area contributed by atoms with Gasteiger partial charge in [0.1, 0.15) is 0 Å². The van der Waals surface area contributed by atoms with E-state index in [1.165, 1.54) is 16.2 Å². The lowest BCUT2D eigenvalue weighted by Gasteiger charge is -2.24. The van der Waals surface area contributed by atoms with Crippen LogP contribution in [0.2, 0.25) is 0 Å². The van der Waals surface area contributed by atoms with Gasteiger partial charge in [-0.15, -0.1) is 0 Å². The lowest BCUT2D eigenvalue weighted by atomic mass is 9.92. The third-order valence-corrected chi connectivity index (χ3v) is 6.73.